The van der Waals surface area contributed by atoms with Crippen molar-refractivity contribution in [3.05, 3.63) is 34.3 Å². The minimum atomic E-state index is -0.682. The summed E-state index contributed by atoms with van der Waals surface area (Å²) in [6.45, 7) is 1.56. The van der Waals surface area contributed by atoms with Gasteiger partial charge in [0.25, 0.3) is 0 Å². The molecule has 0 saturated carbocycles. The number of rotatable bonds is 5. The highest BCUT2D eigenvalue weighted by molar-refractivity contribution is 9.10. The van der Waals surface area contributed by atoms with Gasteiger partial charge in [0, 0.05) is 39.5 Å². The van der Waals surface area contributed by atoms with Gasteiger partial charge in [-0.3, -0.25) is 4.21 Å². The minimum absolute atomic E-state index is 0.359. The molecule has 0 aromatic heterocycles. The predicted molar refractivity (Wildman–Crippen MR) is 79.3 cm³/mol. The van der Waals surface area contributed by atoms with E-state index in [0.717, 1.165) is 49.1 Å². The van der Waals surface area contributed by atoms with Crippen molar-refractivity contribution in [2.75, 3.05) is 19.0 Å². The fraction of sp³-hybridized carbons (Fsp3) is 0.571. The number of halogens is 1. The zero-order valence-electron chi connectivity index (χ0n) is 10.4. The Morgan fingerprint density at radius 2 is 2.00 bits per heavy atom. The molecule has 1 fully saturated rings. The first-order valence-corrected chi connectivity index (χ1v) is 8.63. The molecule has 1 unspecified atom stereocenters. The summed E-state index contributed by atoms with van der Waals surface area (Å²) in [5.74, 6) is 0.812. The molecular weight excluding hydrogens is 312 g/mol. The molecule has 18 heavy (non-hydrogen) atoms. The minimum Gasteiger partial charge on any atom is -0.381 e. The van der Waals surface area contributed by atoms with E-state index in [0.29, 0.717) is 5.25 Å². The van der Waals surface area contributed by atoms with Crippen LogP contribution in [0.5, 0.6) is 0 Å². The average molecular weight is 331 g/mol. The van der Waals surface area contributed by atoms with Crippen LogP contribution in [0.2, 0.25) is 0 Å². The van der Waals surface area contributed by atoms with E-state index in [4.69, 9.17) is 4.74 Å². The topological polar surface area (TPSA) is 26.3 Å². The summed E-state index contributed by atoms with van der Waals surface area (Å²) in [5, 5.41) is 0.359. The molecule has 1 aliphatic rings. The third kappa shape index (κ3) is 4.18. The maximum absolute atomic E-state index is 12.1. The summed E-state index contributed by atoms with van der Waals surface area (Å²) >= 11 is 3.55. The van der Waals surface area contributed by atoms with E-state index in [1.165, 1.54) is 5.56 Å². The summed E-state index contributed by atoms with van der Waals surface area (Å²) < 4.78 is 18.6. The molecule has 1 aliphatic heterocycles. The Morgan fingerprint density at radius 3 is 2.72 bits per heavy atom. The maximum atomic E-state index is 12.1. The van der Waals surface area contributed by atoms with E-state index in [2.05, 4.69) is 34.1 Å². The number of hydrogen-bond donors (Lipinski definition) is 0. The van der Waals surface area contributed by atoms with Crippen LogP contribution in [0.15, 0.2) is 28.7 Å². The Bertz CT molecular complexity index is 403. The number of ether oxygens (including phenoxy) is 1. The van der Waals surface area contributed by atoms with Gasteiger partial charge < -0.3 is 4.74 Å². The van der Waals surface area contributed by atoms with Crippen molar-refractivity contribution in [2.24, 2.45) is 0 Å². The zero-order chi connectivity index (χ0) is 12.8. The maximum Gasteiger partial charge on any atom is 0.0477 e. The second-order valence-electron chi connectivity index (χ2n) is 4.59. The van der Waals surface area contributed by atoms with Crippen LogP contribution in [0.4, 0.5) is 0 Å². The van der Waals surface area contributed by atoms with Crippen LogP contribution in [-0.2, 0) is 22.0 Å². The first-order valence-electron chi connectivity index (χ1n) is 6.45. The molecule has 1 heterocycles. The molecule has 2 rings (SSSR count). The normalized spacial score (nSPS) is 18.7. The van der Waals surface area contributed by atoms with Crippen molar-refractivity contribution in [3.8, 4) is 0 Å². The third-order valence-corrected chi connectivity index (χ3v) is 5.97. The van der Waals surface area contributed by atoms with Crippen LogP contribution in [0, 0.1) is 0 Å². The molecule has 1 saturated heterocycles. The van der Waals surface area contributed by atoms with Gasteiger partial charge in [-0.1, -0.05) is 34.1 Å². The van der Waals surface area contributed by atoms with Gasteiger partial charge in [-0.15, -0.1) is 0 Å². The van der Waals surface area contributed by atoms with Gasteiger partial charge in [-0.2, -0.15) is 0 Å². The summed E-state index contributed by atoms with van der Waals surface area (Å²) in [7, 11) is -0.682. The van der Waals surface area contributed by atoms with Crippen LogP contribution in [0.1, 0.15) is 24.8 Å². The summed E-state index contributed by atoms with van der Waals surface area (Å²) in [4.78, 5) is 0. The second-order valence-corrected chi connectivity index (χ2v) is 7.28. The van der Waals surface area contributed by atoms with E-state index in [-0.39, 0.29) is 0 Å². The molecule has 0 N–H and O–H groups in total. The molecule has 0 radical (unpaired) electrons. The van der Waals surface area contributed by atoms with Crippen molar-refractivity contribution < 1.29 is 8.95 Å². The lowest BCUT2D eigenvalue weighted by molar-refractivity contribution is 0.0992. The van der Waals surface area contributed by atoms with Crippen molar-refractivity contribution in [1.29, 1.82) is 0 Å². The van der Waals surface area contributed by atoms with E-state index in [1.54, 1.807) is 0 Å². The zero-order valence-corrected chi connectivity index (χ0v) is 12.8. The van der Waals surface area contributed by atoms with Gasteiger partial charge in [-0.25, -0.2) is 0 Å². The molecule has 0 bridgehead atoms. The predicted octanol–water partition coefficient (Wildman–Crippen LogP) is 3.31. The van der Waals surface area contributed by atoms with Crippen LogP contribution >= 0.6 is 15.9 Å². The van der Waals surface area contributed by atoms with Gasteiger partial charge >= 0.3 is 0 Å². The highest BCUT2D eigenvalue weighted by Gasteiger charge is 2.19. The van der Waals surface area contributed by atoms with Gasteiger partial charge in [0.1, 0.15) is 0 Å². The smallest absolute Gasteiger partial charge is 0.0477 e. The summed E-state index contributed by atoms with van der Waals surface area (Å²) in [6.07, 6.45) is 3.91. The quantitative estimate of drug-likeness (QED) is 0.827. The molecule has 1 aromatic rings. The monoisotopic (exact) mass is 330 g/mol. The lowest BCUT2D eigenvalue weighted by atomic mass is 10.1. The Kier molecular flexibility index (Phi) is 5.86. The molecule has 0 amide bonds. The first kappa shape index (κ1) is 14.2. The van der Waals surface area contributed by atoms with Crippen LogP contribution in [-0.4, -0.2) is 28.4 Å². The molecule has 2 nitrogen and oxygen atoms in total. The van der Waals surface area contributed by atoms with E-state index in [1.807, 2.05) is 6.07 Å². The molecular formula is C14H19BrO2S. The Balaban J connectivity index is 1.75. The Morgan fingerprint density at radius 1 is 1.28 bits per heavy atom. The second kappa shape index (κ2) is 7.41. The molecule has 0 aliphatic carbocycles. The van der Waals surface area contributed by atoms with Crippen molar-refractivity contribution in [1.82, 2.24) is 0 Å². The number of aryl methyl sites for hydroxylation is 1. The highest BCUT2D eigenvalue weighted by atomic mass is 79.9. The van der Waals surface area contributed by atoms with Gasteiger partial charge in [0.15, 0.2) is 0 Å². The fourth-order valence-electron chi connectivity index (χ4n) is 2.21. The van der Waals surface area contributed by atoms with E-state index >= 15 is 0 Å². The Hall–Kier alpha value is -0.190. The lowest BCUT2D eigenvalue weighted by Gasteiger charge is -2.21. The van der Waals surface area contributed by atoms with Gasteiger partial charge in [-0.05, 0) is 37.3 Å². The molecule has 1 aromatic carbocycles. The van der Waals surface area contributed by atoms with Crippen molar-refractivity contribution >= 4 is 26.7 Å². The standard InChI is InChI=1S/C14H19BrO2S/c15-14-6-2-1-4-12(14)5-3-11-18(16)13-7-9-17-10-8-13/h1-2,4,6,13H,3,5,7-11H2. The van der Waals surface area contributed by atoms with Crippen LogP contribution in [0.3, 0.4) is 0 Å². The van der Waals surface area contributed by atoms with E-state index in [9.17, 15) is 4.21 Å². The molecule has 0 spiro atoms. The van der Waals surface area contributed by atoms with Crippen molar-refractivity contribution in [3.63, 3.8) is 0 Å². The van der Waals surface area contributed by atoms with Gasteiger partial charge in [0.05, 0.1) is 0 Å². The van der Waals surface area contributed by atoms with Crippen LogP contribution < -0.4 is 0 Å². The van der Waals surface area contributed by atoms with Crippen LogP contribution in [0.25, 0.3) is 0 Å². The van der Waals surface area contributed by atoms with E-state index < -0.39 is 10.8 Å². The first-order chi connectivity index (χ1) is 8.77. The number of hydrogen-bond acceptors (Lipinski definition) is 2. The molecule has 1 atom stereocenters. The lowest BCUT2D eigenvalue weighted by Crippen LogP contribution is -2.26. The highest BCUT2D eigenvalue weighted by Crippen LogP contribution is 2.19. The SMILES string of the molecule is O=S(CCCc1ccccc1Br)C1CCOCC1. The Labute approximate surface area is 120 Å². The third-order valence-electron chi connectivity index (χ3n) is 3.29. The summed E-state index contributed by atoms with van der Waals surface area (Å²) in [5.41, 5.74) is 1.31. The average Bonchev–Trinajstić information content (AvgIpc) is 2.42. The largest absolute Gasteiger partial charge is 0.381 e. The fourth-order valence-corrected chi connectivity index (χ4v) is 4.17. The molecule has 4 heteroatoms. The summed E-state index contributed by atoms with van der Waals surface area (Å²) in [6, 6.07) is 8.26. The van der Waals surface area contributed by atoms with Crippen molar-refractivity contribution in [2.45, 2.75) is 30.9 Å². The number of benzene rings is 1. The molecule has 100 valence electrons. The van der Waals surface area contributed by atoms with Gasteiger partial charge in [0.2, 0.25) is 0 Å².